The van der Waals surface area contributed by atoms with Gasteiger partial charge in [0.2, 0.25) is 0 Å². The normalized spacial score (nSPS) is 11.8. The van der Waals surface area contributed by atoms with E-state index in [0.717, 1.165) is 28.1 Å². The van der Waals surface area contributed by atoms with Crippen LogP contribution in [0, 0.1) is 13.8 Å². The van der Waals surface area contributed by atoms with Gasteiger partial charge in [0.15, 0.2) is 0 Å². The number of para-hydroxylation sites is 1. The maximum atomic E-state index is 12.1. The van der Waals surface area contributed by atoms with Gasteiger partial charge in [0.25, 0.3) is 0 Å². The van der Waals surface area contributed by atoms with Crippen LogP contribution >= 0.6 is 0 Å². The molecule has 2 aromatic rings. The molecule has 2 amide bonds. The van der Waals surface area contributed by atoms with Crippen molar-refractivity contribution in [3.8, 4) is 0 Å². The van der Waals surface area contributed by atoms with Crippen LogP contribution in [-0.2, 0) is 0 Å². The summed E-state index contributed by atoms with van der Waals surface area (Å²) in [5.41, 5.74) is 10.5. The maximum Gasteiger partial charge on any atom is 0.323 e. The minimum Gasteiger partial charge on any atom is -0.324 e. The third-order valence-electron chi connectivity index (χ3n) is 3.39. The number of anilines is 2. The summed E-state index contributed by atoms with van der Waals surface area (Å²) < 4.78 is 0. The van der Waals surface area contributed by atoms with Crippen molar-refractivity contribution >= 4 is 17.4 Å². The highest BCUT2D eigenvalue weighted by Crippen LogP contribution is 2.20. The first kappa shape index (κ1) is 15.1. The molecule has 2 rings (SSSR count). The van der Waals surface area contributed by atoms with E-state index in [4.69, 9.17) is 5.73 Å². The first-order valence-electron chi connectivity index (χ1n) is 6.97. The quantitative estimate of drug-likeness (QED) is 0.798. The summed E-state index contributed by atoms with van der Waals surface area (Å²) in [6.45, 7) is 5.86. The van der Waals surface area contributed by atoms with Gasteiger partial charge in [-0.15, -0.1) is 0 Å². The molecule has 0 fully saturated rings. The van der Waals surface area contributed by atoms with Gasteiger partial charge in [0.05, 0.1) is 0 Å². The number of urea groups is 1. The average Bonchev–Trinajstić information content (AvgIpc) is 2.43. The van der Waals surface area contributed by atoms with E-state index in [1.165, 1.54) is 0 Å². The van der Waals surface area contributed by atoms with Crippen molar-refractivity contribution in [3.63, 3.8) is 0 Å². The highest BCUT2D eigenvalue weighted by atomic mass is 16.2. The molecule has 0 radical (unpaired) electrons. The molecule has 4 heteroatoms. The summed E-state index contributed by atoms with van der Waals surface area (Å²) in [5.74, 6) is 0. The predicted molar refractivity (Wildman–Crippen MR) is 87.6 cm³/mol. The second kappa shape index (κ2) is 6.41. The van der Waals surface area contributed by atoms with E-state index in [9.17, 15) is 4.79 Å². The van der Waals surface area contributed by atoms with Crippen molar-refractivity contribution in [3.05, 3.63) is 59.2 Å². The van der Waals surface area contributed by atoms with Crippen LogP contribution in [0.3, 0.4) is 0 Å². The lowest BCUT2D eigenvalue weighted by Crippen LogP contribution is -2.20. The number of nitrogens with two attached hydrogens (primary N) is 1. The first-order chi connectivity index (χ1) is 9.97. The van der Waals surface area contributed by atoms with Gasteiger partial charge in [-0.25, -0.2) is 4.79 Å². The van der Waals surface area contributed by atoms with Gasteiger partial charge in [-0.3, -0.25) is 0 Å². The van der Waals surface area contributed by atoms with E-state index in [-0.39, 0.29) is 12.1 Å². The minimum atomic E-state index is -0.255. The molecule has 0 saturated heterocycles. The summed E-state index contributed by atoms with van der Waals surface area (Å²) in [6, 6.07) is 13.2. The molecule has 0 aliphatic rings. The molecule has 0 heterocycles. The van der Waals surface area contributed by atoms with E-state index < -0.39 is 0 Å². The van der Waals surface area contributed by atoms with Crippen molar-refractivity contribution < 1.29 is 4.79 Å². The number of carbonyl (C=O) groups is 1. The Morgan fingerprint density at radius 1 is 1.05 bits per heavy atom. The number of rotatable bonds is 3. The summed E-state index contributed by atoms with van der Waals surface area (Å²) in [4.78, 5) is 12.1. The van der Waals surface area contributed by atoms with Crippen molar-refractivity contribution in [2.45, 2.75) is 26.8 Å². The van der Waals surface area contributed by atoms with Crippen LogP contribution in [0.4, 0.5) is 16.2 Å². The zero-order chi connectivity index (χ0) is 15.4. The van der Waals surface area contributed by atoms with E-state index in [0.29, 0.717) is 0 Å². The molecule has 1 unspecified atom stereocenters. The van der Waals surface area contributed by atoms with Crippen LogP contribution in [0.2, 0.25) is 0 Å². The Bertz CT molecular complexity index is 630. The summed E-state index contributed by atoms with van der Waals surface area (Å²) in [7, 11) is 0. The molecule has 4 nitrogen and oxygen atoms in total. The second-order valence-electron chi connectivity index (χ2n) is 5.26. The fourth-order valence-corrected chi connectivity index (χ4v) is 2.19. The third-order valence-corrected chi connectivity index (χ3v) is 3.39. The largest absolute Gasteiger partial charge is 0.324 e. The number of benzene rings is 2. The van der Waals surface area contributed by atoms with E-state index in [1.807, 2.05) is 63.2 Å². The van der Waals surface area contributed by atoms with Gasteiger partial charge in [-0.1, -0.05) is 30.3 Å². The lowest BCUT2D eigenvalue weighted by atomic mass is 10.1. The predicted octanol–water partition coefficient (Wildman–Crippen LogP) is 3.97. The fourth-order valence-electron chi connectivity index (χ4n) is 2.19. The number of hydrogen-bond donors (Lipinski definition) is 3. The Morgan fingerprint density at radius 2 is 1.67 bits per heavy atom. The standard InChI is InChI=1S/C17H21N3O/c1-11-6-4-7-12(2)16(11)20-17(21)19-15-9-5-8-14(10-15)13(3)18/h4-10,13H,18H2,1-3H3,(H2,19,20,21). The summed E-state index contributed by atoms with van der Waals surface area (Å²) >= 11 is 0. The average molecular weight is 283 g/mol. The van der Waals surface area contributed by atoms with Crippen LogP contribution < -0.4 is 16.4 Å². The van der Waals surface area contributed by atoms with Gasteiger partial charge in [-0.05, 0) is 49.6 Å². The van der Waals surface area contributed by atoms with Crippen LogP contribution in [0.25, 0.3) is 0 Å². The van der Waals surface area contributed by atoms with Gasteiger partial charge in [0.1, 0.15) is 0 Å². The number of carbonyl (C=O) groups excluding carboxylic acids is 1. The fraction of sp³-hybridized carbons (Fsp3) is 0.235. The molecular formula is C17H21N3O. The maximum absolute atomic E-state index is 12.1. The number of nitrogens with one attached hydrogen (secondary N) is 2. The highest BCUT2D eigenvalue weighted by molar-refractivity contribution is 6.00. The molecule has 0 aliphatic heterocycles. The summed E-state index contributed by atoms with van der Waals surface area (Å²) in [6.07, 6.45) is 0. The van der Waals surface area contributed by atoms with Gasteiger partial charge in [-0.2, -0.15) is 0 Å². The first-order valence-corrected chi connectivity index (χ1v) is 6.97. The SMILES string of the molecule is Cc1cccc(C)c1NC(=O)Nc1cccc(C(C)N)c1. The zero-order valence-corrected chi connectivity index (χ0v) is 12.6. The van der Waals surface area contributed by atoms with E-state index in [1.54, 1.807) is 0 Å². The van der Waals surface area contributed by atoms with E-state index >= 15 is 0 Å². The number of aryl methyl sites for hydroxylation is 2. The zero-order valence-electron chi connectivity index (χ0n) is 12.6. The molecule has 21 heavy (non-hydrogen) atoms. The molecule has 0 aromatic heterocycles. The molecule has 0 bridgehead atoms. The van der Waals surface area contributed by atoms with Crippen molar-refractivity contribution in [2.75, 3.05) is 10.6 Å². The lowest BCUT2D eigenvalue weighted by Gasteiger charge is -2.13. The molecule has 2 aromatic carbocycles. The van der Waals surface area contributed by atoms with Gasteiger partial charge in [0, 0.05) is 17.4 Å². The third kappa shape index (κ3) is 3.83. The Balaban J connectivity index is 2.10. The molecular weight excluding hydrogens is 262 g/mol. The Hall–Kier alpha value is -2.33. The monoisotopic (exact) mass is 283 g/mol. The Kier molecular flexibility index (Phi) is 4.60. The van der Waals surface area contributed by atoms with Crippen molar-refractivity contribution in [2.24, 2.45) is 5.73 Å². The van der Waals surface area contributed by atoms with E-state index in [2.05, 4.69) is 10.6 Å². The highest BCUT2D eigenvalue weighted by Gasteiger charge is 2.08. The molecule has 0 saturated carbocycles. The van der Waals surface area contributed by atoms with Gasteiger partial charge < -0.3 is 16.4 Å². The van der Waals surface area contributed by atoms with Crippen LogP contribution in [0.15, 0.2) is 42.5 Å². The minimum absolute atomic E-state index is 0.0616. The molecule has 4 N–H and O–H groups in total. The topological polar surface area (TPSA) is 67.2 Å². The summed E-state index contributed by atoms with van der Waals surface area (Å²) in [5, 5.41) is 5.73. The van der Waals surface area contributed by atoms with Crippen LogP contribution in [0.1, 0.15) is 29.7 Å². The molecule has 0 aliphatic carbocycles. The van der Waals surface area contributed by atoms with Crippen molar-refractivity contribution in [1.29, 1.82) is 0 Å². The smallest absolute Gasteiger partial charge is 0.323 e. The number of hydrogen-bond acceptors (Lipinski definition) is 2. The lowest BCUT2D eigenvalue weighted by molar-refractivity contribution is 0.262. The van der Waals surface area contributed by atoms with Crippen LogP contribution in [-0.4, -0.2) is 6.03 Å². The van der Waals surface area contributed by atoms with Crippen LogP contribution in [0.5, 0.6) is 0 Å². The Labute approximate surface area is 125 Å². The Morgan fingerprint density at radius 3 is 2.29 bits per heavy atom. The number of amides is 2. The van der Waals surface area contributed by atoms with Gasteiger partial charge >= 0.3 is 6.03 Å². The molecule has 110 valence electrons. The molecule has 1 atom stereocenters. The van der Waals surface area contributed by atoms with Crippen molar-refractivity contribution in [1.82, 2.24) is 0 Å². The molecule has 0 spiro atoms. The second-order valence-corrected chi connectivity index (χ2v) is 5.26.